The Morgan fingerprint density at radius 2 is 1.87 bits per heavy atom. The lowest BCUT2D eigenvalue weighted by molar-refractivity contribution is 0.246. The first-order chi connectivity index (χ1) is 14.3. The first kappa shape index (κ1) is 22.2. The highest BCUT2D eigenvalue weighted by molar-refractivity contribution is 9.10. The van der Waals surface area contributed by atoms with Gasteiger partial charge in [-0.05, 0) is 49.8 Å². The van der Waals surface area contributed by atoms with Crippen LogP contribution in [0, 0.1) is 17.6 Å². The van der Waals surface area contributed by atoms with Crippen molar-refractivity contribution in [2.24, 2.45) is 5.92 Å². The van der Waals surface area contributed by atoms with Crippen LogP contribution in [-0.2, 0) is 0 Å². The molecule has 1 aliphatic rings. The first-order valence-corrected chi connectivity index (χ1v) is 10.6. The number of carbonyl (C=O) groups is 1. The number of halogens is 3. The molecule has 1 aromatic carbocycles. The maximum absolute atomic E-state index is 13.8. The van der Waals surface area contributed by atoms with Crippen molar-refractivity contribution in [2.75, 3.05) is 36.2 Å². The number of nitrogens with one attached hydrogen (secondary N) is 3. The van der Waals surface area contributed by atoms with Gasteiger partial charge in [-0.25, -0.2) is 18.6 Å². The summed E-state index contributed by atoms with van der Waals surface area (Å²) in [6.07, 6.45) is 5.44. The molecule has 0 aliphatic heterocycles. The molecule has 7 nitrogen and oxygen atoms in total. The van der Waals surface area contributed by atoms with Crippen LogP contribution in [0.1, 0.15) is 25.7 Å². The number of hydrogen-bond donors (Lipinski definition) is 3. The van der Waals surface area contributed by atoms with E-state index in [0.717, 1.165) is 43.6 Å². The summed E-state index contributed by atoms with van der Waals surface area (Å²) in [7, 11) is 3.86. The molecule has 0 atom stereocenters. The number of amides is 2. The van der Waals surface area contributed by atoms with E-state index < -0.39 is 23.4 Å². The zero-order valence-electron chi connectivity index (χ0n) is 16.9. The normalized spacial score (nSPS) is 18.6. The van der Waals surface area contributed by atoms with Crippen molar-refractivity contribution < 1.29 is 13.6 Å². The molecule has 1 saturated carbocycles. The monoisotopic (exact) mass is 482 g/mol. The highest BCUT2D eigenvalue weighted by atomic mass is 79.9. The van der Waals surface area contributed by atoms with Crippen LogP contribution in [0.25, 0.3) is 0 Å². The Morgan fingerprint density at radius 3 is 2.50 bits per heavy atom. The first-order valence-electron chi connectivity index (χ1n) is 9.78. The summed E-state index contributed by atoms with van der Waals surface area (Å²) < 4.78 is 27.9. The van der Waals surface area contributed by atoms with Crippen molar-refractivity contribution >= 4 is 39.4 Å². The Morgan fingerprint density at radius 1 is 1.20 bits per heavy atom. The van der Waals surface area contributed by atoms with Crippen LogP contribution >= 0.6 is 15.9 Å². The fourth-order valence-corrected chi connectivity index (χ4v) is 3.82. The van der Waals surface area contributed by atoms with E-state index in [1.165, 1.54) is 0 Å². The molecule has 1 aromatic heterocycles. The standard InChI is InChI=1S/C20H25BrF2N6O/c1-29(2)17-7-8-24-19(27-17)26-14-5-3-12(4-6-14)11-25-20(30)28-18-15(22)9-13(21)10-16(18)23/h7-10,12,14H,3-6,11H2,1-2H3,(H,24,26,27)(H2,25,28,30)/t12-,14+. The lowest BCUT2D eigenvalue weighted by Gasteiger charge is -2.29. The second-order valence-electron chi connectivity index (χ2n) is 7.57. The van der Waals surface area contributed by atoms with Gasteiger partial charge in [0.25, 0.3) is 0 Å². The van der Waals surface area contributed by atoms with Gasteiger partial charge >= 0.3 is 6.03 Å². The minimum atomic E-state index is -0.829. The fourth-order valence-electron chi connectivity index (χ4n) is 3.42. The van der Waals surface area contributed by atoms with Crippen LogP contribution in [0.5, 0.6) is 0 Å². The second-order valence-corrected chi connectivity index (χ2v) is 8.49. The molecule has 10 heteroatoms. The largest absolute Gasteiger partial charge is 0.363 e. The van der Waals surface area contributed by atoms with E-state index in [9.17, 15) is 13.6 Å². The number of aromatic nitrogens is 2. The van der Waals surface area contributed by atoms with Gasteiger partial charge in [0.2, 0.25) is 5.95 Å². The zero-order chi connectivity index (χ0) is 21.7. The van der Waals surface area contributed by atoms with Crippen molar-refractivity contribution in [3.63, 3.8) is 0 Å². The number of rotatable bonds is 6. The van der Waals surface area contributed by atoms with Crippen LogP contribution < -0.4 is 20.9 Å². The summed E-state index contributed by atoms with van der Waals surface area (Å²) in [4.78, 5) is 22.7. The highest BCUT2D eigenvalue weighted by Gasteiger charge is 2.22. The number of anilines is 3. The molecule has 1 aliphatic carbocycles. The van der Waals surface area contributed by atoms with Crippen LogP contribution in [0.2, 0.25) is 0 Å². The maximum Gasteiger partial charge on any atom is 0.319 e. The van der Waals surface area contributed by atoms with Crippen LogP contribution in [0.15, 0.2) is 28.9 Å². The molecule has 3 N–H and O–H groups in total. The van der Waals surface area contributed by atoms with E-state index in [1.807, 2.05) is 25.1 Å². The Hall–Kier alpha value is -2.49. The van der Waals surface area contributed by atoms with Crippen LogP contribution in [-0.4, -0.2) is 42.7 Å². The lowest BCUT2D eigenvalue weighted by atomic mass is 9.86. The third-order valence-electron chi connectivity index (χ3n) is 5.08. The van der Waals surface area contributed by atoms with Gasteiger partial charge < -0.3 is 20.9 Å². The number of urea groups is 1. The van der Waals surface area contributed by atoms with E-state index in [1.54, 1.807) is 6.20 Å². The minimum Gasteiger partial charge on any atom is -0.363 e. The van der Waals surface area contributed by atoms with E-state index in [4.69, 9.17) is 0 Å². The molecule has 1 heterocycles. The van der Waals surface area contributed by atoms with Gasteiger partial charge in [-0.1, -0.05) is 15.9 Å². The van der Waals surface area contributed by atoms with Gasteiger partial charge in [0.1, 0.15) is 11.5 Å². The number of nitrogens with zero attached hydrogens (tertiary/aromatic N) is 3. The van der Waals surface area contributed by atoms with Crippen molar-refractivity contribution in [1.29, 1.82) is 0 Å². The molecule has 3 rings (SSSR count). The zero-order valence-corrected chi connectivity index (χ0v) is 18.5. The average Bonchev–Trinajstić information content (AvgIpc) is 2.70. The molecule has 0 bridgehead atoms. The summed E-state index contributed by atoms with van der Waals surface area (Å²) >= 11 is 3.01. The van der Waals surface area contributed by atoms with Gasteiger partial charge in [-0.3, -0.25) is 0 Å². The van der Waals surface area contributed by atoms with Crippen molar-refractivity contribution in [1.82, 2.24) is 15.3 Å². The summed E-state index contributed by atoms with van der Waals surface area (Å²) in [5.41, 5.74) is -0.455. The predicted molar refractivity (Wildman–Crippen MR) is 117 cm³/mol. The van der Waals surface area contributed by atoms with Gasteiger partial charge in [0.15, 0.2) is 11.6 Å². The van der Waals surface area contributed by atoms with Crippen LogP contribution in [0.3, 0.4) is 0 Å². The van der Waals surface area contributed by atoms with Gasteiger partial charge in [-0.2, -0.15) is 4.98 Å². The quantitative estimate of drug-likeness (QED) is 0.569. The Labute approximate surface area is 182 Å². The van der Waals surface area contributed by atoms with E-state index >= 15 is 0 Å². The number of hydrogen-bond acceptors (Lipinski definition) is 5. The second kappa shape index (κ2) is 10.0. The number of benzene rings is 1. The number of carbonyl (C=O) groups excluding carboxylic acids is 1. The van der Waals surface area contributed by atoms with Crippen molar-refractivity contribution in [2.45, 2.75) is 31.7 Å². The molecular formula is C20H25BrF2N6O. The fraction of sp³-hybridized carbons (Fsp3) is 0.450. The van der Waals surface area contributed by atoms with E-state index in [0.29, 0.717) is 18.4 Å². The molecule has 1 fully saturated rings. The predicted octanol–water partition coefficient (Wildman–Crippen LogP) is 4.38. The van der Waals surface area contributed by atoms with Crippen molar-refractivity contribution in [3.05, 3.63) is 40.5 Å². The van der Waals surface area contributed by atoms with Gasteiger partial charge in [-0.15, -0.1) is 0 Å². The molecule has 0 radical (unpaired) electrons. The molecular weight excluding hydrogens is 458 g/mol. The van der Waals surface area contributed by atoms with Gasteiger partial charge in [0.05, 0.1) is 0 Å². The average molecular weight is 483 g/mol. The summed E-state index contributed by atoms with van der Waals surface area (Å²) in [5, 5.41) is 8.33. The Balaban J connectivity index is 1.43. The maximum atomic E-state index is 13.8. The summed E-state index contributed by atoms with van der Waals surface area (Å²) in [5.74, 6) is 0.103. The molecule has 0 saturated heterocycles. The molecule has 162 valence electrons. The third-order valence-corrected chi connectivity index (χ3v) is 5.53. The molecule has 0 unspecified atom stereocenters. The summed E-state index contributed by atoms with van der Waals surface area (Å²) in [6, 6.07) is 3.71. The van der Waals surface area contributed by atoms with Gasteiger partial charge in [0, 0.05) is 37.4 Å². The van der Waals surface area contributed by atoms with E-state index in [2.05, 4.69) is 41.8 Å². The lowest BCUT2D eigenvalue weighted by Crippen LogP contribution is -2.36. The van der Waals surface area contributed by atoms with Crippen LogP contribution in [0.4, 0.5) is 31.0 Å². The molecule has 2 aromatic rings. The minimum absolute atomic E-state index is 0.271. The highest BCUT2D eigenvalue weighted by Crippen LogP contribution is 2.26. The Bertz CT molecular complexity index is 866. The Kier molecular flexibility index (Phi) is 7.41. The summed E-state index contributed by atoms with van der Waals surface area (Å²) in [6.45, 7) is 0.449. The van der Waals surface area contributed by atoms with Crippen molar-refractivity contribution in [3.8, 4) is 0 Å². The topological polar surface area (TPSA) is 82.2 Å². The van der Waals surface area contributed by atoms with E-state index in [-0.39, 0.29) is 10.5 Å². The third kappa shape index (κ3) is 6.01. The molecule has 0 spiro atoms. The molecule has 30 heavy (non-hydrogen) atoms. The smallest absolute Gasteiger partial charge is 0.319 e. The SMILES string of the molecule is CN(C)c1ccnc(N[C@H]2CC[C@@H](CNC(=O)Nc3c(F)cc(Br)cc3F)CC2)n1. The molecule has 2 amide bonds.